The number of hydrogen-bond acceptors (Lipinski definition) is 5. The molecule has 2 rings (SSSR count). The average Bonchev–Trinajstić information content (AvgIpc) is 2.54. The molecule has 0 amide bonds. The first-order chi connectivity index (χ1) is 10.1. The number of ether oxygens (including phenoxy) is 2. The molecule has 0 heterocycles. The normalized spacial score (nSPS) is 10.0. The minimum Gasteiger partial charge on any atom is -0.504 e. The molecular weight excluding hydrogens is 272 g/mol. The van der Waals surface area contributed by atoms with Crippen molar-refractivity contribution in [1.29, 1.82) is 0 Å². The summed E-state index contributed by atoms with van der Waals surface area (Å²) in [4.78, 5) is 24.3. The number of hydrogen-bond donors (Lipinski definition) is 1. The first kappa shape index (κ1) is 14.6. The van der Waals surface area contributed by atoms with Gasteiger partial charge < -0.3 is 14.6 Å². The van der Waals surface area contributed by atoms with Crippen molar-refractivity contribution in [2.45, 2.75) is 0 Å². The van der Waals surface area contributed by atoms with Crippen LogP contribution >= 0.6 is 0 Å². The molecule has 0 radical (unpaired) electrons. The highest BCUT2D eigenvalue weighted by molar-refractivity contribution is 6.14. The number of methoxy groups -OCH3 is 2. The number of ketones is 1. The van der Waals surface area contributed by atoms with Gasteiger partial charge in [0.25, 0.3) is 0 Å². The maximum Gasteiger partial charge on any atom is 0.338 e. The summed E-state index contributed by atoms with van der Waals surface area (Å²) in [5, 5.41) is 9.84. The third-order valence-corrected chi connectivity index (χ3v) is 3.00. The highest BCUT2D eigenvalue weighted by atomic mass is 16.5. The second-order valence-corrected chi connectivity index (χ2v) is 4.26. The van der Waals surface area contributed by atoms with Gasteiger partial charge in [0.2, 0.25) is 0 Å². The molecule has 0 atom stereocenters. The van der Waals surface area contributed by atoms with Crippen molar-refractivity contribution in [1.82, 2.24) is 0 Å². The Hall–Kier alpha value is -2.82. The summed E-state index contributed by atoms with van der Waals surface area (Å²) in [7, 11) is 2.58. The van der Waals surface area contributed by atoms with Crippen LogP contribution in [-0.4, -0.2) is 31.1 Å². The lowest BCUT2D eigenvalue weighted by Crippen LogP contribution is -2.11. The minimum atomic E-state index is -0.674. The fourth-order valence-corrected chi connectivity index (χ4v) is 1.94. The van der Waals surface area contributed by atoms with E-state index in [1.165, 1.54) is 26.4 Å². The number of esters is 1. The molecule has 108 valence electrons. The standard InChI is InChI=1S/C16H14O5/c1-20-14-9-12(16(19)21-2)11(8-13(14)17)15(18)10-6-4-3-5-7-10/h3-9,17H,1-2H3. The molecule has 21 heavy (non-hydrogen) atoms. The van der Waals surface area contributed by atoms with E-state index in [9.17, 15) is 14.7 Å². The molecule has 0 saturated heterocycles. The lowest BCUT2D eigenvalue weighted by molar-refractivity contribution is 0.0597. The molecule has 0 aliphatic rings. The molecule has 1 N–H and O–H groups in total. The Kier molecular flexibility index (Phi) is 4.23. The third-order valence-electron chi connectivity index (χ3n) is 3.00. The topological polar surface area (TPSA) is 72.8 Å². The molecule has 2 aromatic rings. The van der Waals surface area contributed by atoms with E-state index >= 15 is 0 Å². The van der Waals surface area contributed by atoms with Crippen LogP contribution in [0.5, 0.6) is 11.5 Å². The van der Waals surface area contributed by atoms with Crippen molar-refractivity contribution >= 4 is 11.8 Å². The van der Waals surface area contributed by atoms with Crippen LogP contribution in [0.3, 0.4) is 0 Å². The highest BCUT2D eigenvalue weighted by Crippen LogP contribution is 2.31. The van der Waals surface area contributed by atoms with Crippen molar-refractivity contribution < 1.29 is 24.2 Å². The molecule has 0 fully saturated rings. The van der Waals surface area contributed by atoms with Gasteiger partial charge in [-0.1, -0.05) is 30.3 Å². The first-order valence-electron chi connectivity index (χ1n) is 6.17. The Bertz CT molecular complexity index is 677. The largest absolute Gasteiger partial charge is 0.504 e. The van der Waals surface area contributed by atoms with Crippen LogP contribution in [0.1, 0.15) is 26.3 Å². The van der Waals surface area contributed by atoms with Gasteiger partial charge in [0.15, 0.2) is 17.3 Å². The van der Waals surface area contributed by atoms with Crippen LogP contribution in [0.4, 0.5) is 0 Å². The minimum absolute atomic E-state index is 0.0426. The molecule has 0 aromatic heterocycles. The first-order valence-corrected chi connectivity index (χ1v) is 6.17. The van der Waals surface area contributed by atoms with Gasteiger partial charge >= 0.3 is 5.97 Å². The van der Waals surface area contributed by atoms with Gasteiger partial charge in [0.1, 0.15) is 0 Å². The number of benzene rings is 2. The van der Waals surface area contributed by atoms with Crippen LogP contribution in [0.2, 0.25) is 0 Å². The quantitative estimate of drug-likeness (QED) is 0.690. The van der Waals surface area contributed by atoms with Crippen molar-refractivity contribution in [3.05, 3.63) is 59.2 Å². The van der Waals surface area contributed by atoms with E-state index in [1.54, 1.807) is 30.3 Å². The van der Waals surface area contributed by atoms with E-state index in [2.05, 4.69) is 4.74 Å². The van der Waals surface area contributed by atoms with Gasteiger partial charge in [0, 0.05) is 11.1 Å². The van der Waals surface area contributed by atoms with Gasteiger partial charge in [-0.2, -0.15) is 0 Å². The highest BCUT2D eigenvalue weighted by Gasteiger charge is 2.22. The number of phenolic OH excluding ortho intramolecular Hbond substituents is 1. The van der Waals surface area contributed by atoms with E-state index in [1.807, 2.05) is 0 Å². The lowest BCUT2D eigenvalue weighted by atomic mass is 9.97. The van der Waals surface area contributed by atoms with Gasteiger partial charge in [-0.3, -0.25) is 4.79 Å². The summed E-state index contributed by atoms with van der Waals surface area (Å²) < 4.78 is 9.63. The van der Waals surface area contributed by atoms with Crippen LogP contribution < -0.4 is 4.74 Å². The Morgan fingerprint density at radius 1 is 1.00 bits per heavy atom. The summed E-state index contributed by atoms with van der Waals surface area (Å²) in [5.74, 6) is -1.18. The second kappa shape index (κ2) is 6.09. The molecule has 0 unspecified atom stereocenters. The molecular formula is C16H14O5. The van der Waals surface area contributed by atoms with Crippen LogP contribution in [0.25, 0.3) is 0 Å². The molecule has 0 aliphatic carbocycles. The number of phenols is 1. The summed E-state index contributed by atoms with van der Waals surface area (Å²) in [6, 6.07) is 11.0. The lowest BCUT2D eigenvalue weighted by Gasteiger charge is -2.11. The fraction of sp³-hybridized carbons (Fsp3) is 0.125. The predicted molar refractivity (Wildman–Crippen MR) is 75.9 cm³/mol. The number of aromatic hydroxyl groups is 1. The van der Waals surface area contributed by atoms with Crippen molar-refractivity contribution in [3.8, 4) is 11.5 Å². The monoisotopic (exact) mass is 286 g/mol. The number of carbonyl (C=O) groups is 2. The van der Waals surface area contributed by atoms with E-state index in [0.717, 1.165) is 0 Å². The Labute approximate surface area is 121 Å². The molecule has 0 spiro atoms. The average molecular weight is 286 g/mol. The van der Waals surface area contributed by atoms with Crippen molar-refractivity contribution in [2.75, 3.05) is 14.2 Å². The SMILES string of the molecule is COC(=O)c1cc(OC)c(O)cc1C(=O)c1ccccc1. The predicted octanol–water partition coefficient (Wildman–Crippen LogP) is 2.42. The maximum absolute atomic E-state index is 12.5. The van der Waals surface area contributed by atoms with Gasteiger partial charge in [-0.25, -0.2) is 4.79 Å². The Balaban J connectivity index is 2.59. The van der Waals surface area contributed by atoms with Crippen molar-refractivity contribution in [3.63, 3.8) is 0 Å². The Morgan fingerprint density at radius 2 is 1.67 bits per heavy atom. The van der Waals surface area contributed by atoms with Crippen LogP contribution in [-0.2, 0) is 4.74 Å². The molecule has 0 aliphatic heterocycles. The van der Waals surface area contributed by atoms with Crippen LogP contribution in [0, 0.1) is 0 Å². The second-order valence-electron chi connectivity index (χ2n) is 4.26. The van der Waals surface area contributed by atoms with E-state index in [-0.39, 0.29) is 28.4 Å². The van der Waals surface area contributed by atoms with E-state index < -0.39 is 5.97 Å². The molecule has 0 bridgehead atoms. The van der Waals surface area contributed by atoms with E-state index in [4.69, 9.17) is 4.74 Å². The summed E-state index contributed by atoms with van der Waals surface area (Å²) in [6.07, 6.45) is 0. The molecule has 5 nitrogen and oxygen atoms in total. The Morgan fingerprint density at radius 3 is 2.24 bits per heavy atom. The zero-order valence-electron chi connectivity index (χ0n) is 11.6. The van der Waals surface area contributed by atoms with Crippen LogP contribution in [0.15, 0.2) is 42.5 Å². The fourth-order valence-electron chi connectivity index (χ4n) is 1.94. The number of carbonyl (C=O) groups excluding carboxylic acids is 2. The van der Waals surface area contributed by atoms with Gasteiger partial charge in [0.05, 0.1) is 19.8 Å². The van der Waals surface area contributed by atoms with Gasteiger partial charge in [-0.05, 0) is 12.1 Å². The smallest absolute Gasteiger partial charge is 0.338 e. The molecule has 5 heteroatoms. The summed E-state index contributed by atoms with van der Waals surface area (Å²) in [5.41, 5.74) is 0.513. The molecule has 2 aromatic carbocycles. The summed E-state index contributed by atoms with van der Waals surface area (Å²) in [6.45, 7) is 0. The van der Waals surface area contributed by atoms with E-state index in [0.29, 0.717) is 5.56 Å². The zero-order chi connectivity index (χ0) is 15.4. The maximum atomic E-state index is 12.5. The van der Waals surface area contributed by atoms with Gasteiger partial charge in [-0.15, -0.1) is 0 Å². The molecule has 0 saturated carbocycles. The number of rotatable bonds is 4. The zero-order valence-corrected chi connectivity index (χ0v) is 11.6. The summed E-state index contributed by atoms with van der Waals surface area (Å²) >= 11 is 0. The third kappa shape index (κ3) is 2.86. The van der Waals surface area contributed by atoms with Crippen molar-refractivity contribution in [2.24, 2.45) is 0 Å².